The summed E-state index contributed by atoms with van der Waals surface area (Å²) in [5.41, 5.74) is 0.633. The number of carbonyl (C=O) groups excluding carboxylic acids is 1. The van der Waals surface area contributed by atoms with E-state index >= 15 is 0 Å². The molecule has 0 aliphatic heterocycles. The monoisotopic (exact) mass is 268 g/mol. The predicted molar refractivity (Wildman–Crippen MR) is 65.3 cm³/mol. The Hall–Kier alpha value is -2.22. The van der Waals surface area contributed by atoms with E-state index in [2.05, 4.69) is 20.6 Å². The summed E-state index contributed by atoms with van der Waals surface area (Å²) in [7, 11) is 1.47. The number of aliphatic carboxylic acids is 1. The molecule has 0 fully saturated rings. The lowest BCUT2D eigenvalue weighted by Gasteiger charge is -2.14. The second-order valence-corrected chi connectivity index (χ2v) is 3.70. The molecule has 0 aliphatic carbocycles. The molecule has 1 heterocycles. The first-order valence-corrected chi connectivity index (χ1v) is 5.64. The van der Waals surface area contributed by atoms with Crippen LogP contribution in [0.1, 0.15) is 12.1 Å². The van der Waals surface area contributed by atoms with Crippen molar-refractivity contribution in [2.24, 2.45) is 0 Å². The highest BCUT2D eigenvalue weighted by Crippen LogP contribution is 1.94. The molecule has 104 valence electrons. The third-order valence-electron chi connectivity index (χ3n) is 2.29. The number of methoxy groups -OCH3 is 1. The molecule has 0 bridgehead atoms. The predicted octanol–water partition coefficient (Wildman–Crippen LogP) is -0.234. The molecule has 8 heteroatoms. The van der Waals surface area contributed by atoms with E-state index in [-0.39, 0.29) is 19.6 Å². The van der Waals surface area contributed by atoms with Crippen LogP contribution in [0.3, 0.4) is 0 Å². The maximum atomic E-state index is 11.5. The van der Waals surface area contributed by atoms with Crippen molar-refractivity contribution in [2.45, 2.75) is 19.0 Å². The normalized spacial score (nSPS) is 11.6. The van der Waals surface area contributed by atoms with Crippen molar-refractivity contribution >= 4 is 12.0 Å². The molecule has 3 N–H and O–H groups in total. The largest absolute Gasteiger partial charge is 0.480 e. The van der Waals surface area contributed by atoms with Crippen LogP contribution in [-0.2, 0) is 16.1 Å². The molecule has 8 nitrogen and oxygen atoms in total. The Morgan fingerprint density at radius 1 is 1.53 bits per heavy atom. The van der Waals surface area contributed by atoms with Crippen LogP contribution in [0.15, 0.2) is 18.6 Å². The molecular formula is C11H16N4O4. The molecule has 1 rings (SSSR count). The van der Waals surface area contributed by atoms with Crippen LogP contribution in [0.25, 0.3) is 0 Å². The Labute approximate surface area is 110 Å². The van der Waals surface area contributed by atoms with Crippen LogP contribution >= 0.6 is 0 Å². The van der Waals surface area contributed by atoms with Crippen LogP contribution in [0.2, 0.25) is 0 Å². The molecular weight excluding hydrogens is 252 g/mol. The van der Waals surface area contributed by atoms with Gasteiger partial charge in [0.15, 0.2) is 0 Å². The minimum absolute atomic E-state index is 0.199. The van der Waals surface area contributed by atoms with Crippen LogP contribution in [0, 0.1) is 0 Å². The number of nitrogens with one attached hydrogen (secondary N) is 2. The Morgan fingerprint density at radius 2 is 2.32 bits per heavy atom. The lowest BCUT2D eigenvalue weighted by Crippen LogP contribution is -2.46. The maximum absolute atomic E-state index is 11.5. The number of aromatic nitrogens is 2. The molecule has 1 aromatic heterocycles. The summed E-state index contributed by atoms with van der Waals surface area (Å²) in [5.74, 6) is -1.10. The maximum Gasteiger partial charge on any atom is 0.326 e. The van der Waals surface area contributed by atoms with Crippen molar-refractivity contribution in [1.82, 2.24) is 20.6 Å². The molecule has 0 radical (unpaired) electrons. The van der Waals surface area contributed by atoms with Gasteiger partial charge in [-0.15, -0.1) is 0 Å². The number of hydrogen-bond acceptors (Lipinski definition) is 5. The fraction of sp³-hybridized carbons (Fsp3) is 0.455. The second-order valence-electron chi connectivity index (χ2n) is 3.70. The highest BCUT2D eigenvalue weighted by Gasteiger charge is 2.19. The Balaban J connectivity index is 2.38. The number of hydrogen-bond donors (Lipinski definition) is 3. The van der Waals surface area contributed by atoms with Crippen LogP contribution in [0.5, 0.6) is 0 Å². The quantitative estimate of drug-likeness (QED) is 0.629. The van der Waals surface area contributed by atoms with Crippen molar-refractivity contribution in [3.63, 3.8) is 0 Å². The highest BCUT2D eigenvalue weighted by atomic mass is 16.5. The van der Waals surface area contributed by atoms with Gasteiger partial charge in [-0.05, 0) is 6.07 Å². The van der Waals surface area contributed by atoms with Gasteiger partial charge in [0.25, 0.3) is 0 Å². The van der Waals surface area contributed by atoms with Crippen LogP contribution in [0.4, 0.5) is 4.79 Å². The van der Waals surface area contributed by atoms with E-state index in [0.29, 0.717) is 5.69 Å². The Kier molecular flexibility index (Phi) is 6.23. The lowest BCUT2D eigenvalue weighted by atomic mass is 10.2. The van der Waals surface area contributed by atoms with Gasteiger partial charge in [0.1, 0.15) is 12.4 Å². The van der Waals surface area contributed by atoms with E-state index in [1.807, 2.05) is 0 Å². The number of carboxylic acid groups (broad SMARTS) is 1. The zero-order valence-electron chi connectivity index (χ0n) is 10.5. The molecule has 0 saturated heterocycles. The zero-order chi connectivity index (χ0) is 14.1. The second kappa shape index (κ2) is 7.98. The first-order chi connectivity index (χ1) is 9.13. The summed E-state index contributed by atoms with van der Waals surface area (Å²) < 4.78 is 4.78. The van der Waals surface area contributed by atoms with Gasteiger partial charge in [-0.25, -0.2) is 19.6 Å². The van der Waals surface area contributed by atoms with Gasteiger partial charge < -0.3 is 20.5 Å². The number of carbonyl (C=O) groups is 2. The summed E-state index contributed by atoms with van der Waals surface area (Å²) in [5, 5.41) is 13.8. The van der Waals surface area contributed by atoms with Gasteiger partial charge in [0, 0.05) is 26.3 Å². The molecule has 2 amide bonds. The average Bonchev–Trinajstić information content (AvgIpc) is 2.42. The van der Waals surface area contributed by atoms with Crippen molar-refractivity contribution in [3.8, 4) is 0 Å². The van der Waals surface area contributed by atoms with Crippen LogP contribution < -0.4 is 10.6 Å². The summed E-state index contributed by atoms with van der Waals surface area (Å²) in [6.07, 6.45) is 3.13. The fourth-order valence-electron chi connectivity index (χ4n) is 1.30. The third-order valence-corrected chi connectivity index (χ3v) is 2.29. The van der Waals surface area contributed by atoms with E-state index in [1.165, 1.54) is 13.4 Å². The smallest absolute Gasteiger partial charge is 0.326 e. The molecule has 0 spiro atoms. The Bertz CT molecular complexity index is 412. The number of amides is 2. The number of nitrogens with zero attached hydrogens (tertiary/aromatic N) is 2. The Morgan fingerprint density at radius 3 is 2.89 bits per heavy atom. The fourth-order valence-corrected chi connectivity index (χ4v) is 1.30. The molecule has 0 aromatic carbocycles. The van der Waals surface area contributed by atoms with E-state index in [0.717, 1.165) is 0 Å². The molecule has 1 aromatic rings. The van der Waals surface area contributed by atoms with Gasteiger partial charge in [-0.1, -0.05) is 0 Å². The van der Waals surface area contributed by atoms with Gasteiger partial charge in [-0.2, -0.15) is 0 Å². The number of ether oxygens (including phenoxy) is 1. The van der Waals surface area contributed by atoms with E-state index in [9.17, 15) is 9.59 Å². The molecule has 19 heavy (non-hydrogen) atoms. The van der Waals surface area contributed by atoms with E-state index < -0.39 is 18.0 Å². The summed E-state index contributed by atoms with van der Waals surface area (Å²) >= 11 is 0. The molecule has 1 atom stereocenters. The highest BCUT2D eigenvalue weighted by molar-refractivity contribution is 5.82. The van der Waals surface area contributed by atoms with Gasteiger partial charge in [-0.3, -0.25) is 0 Å². The van der Waals surface area contributed by atoms with Gasteiger partial charge in [0.05, 0.1) is 12.2 Å². The standard InChI is InChI=1S/C11H16N4O4/c1-19-5-3-9(10(16)17)15-11(18)13-6-8-2-4-12-7-14-8/h2,4,7,9H,3,5-6H2,1H3,(H,16,17)(H2,13,15,18). The van der Waals surface area contributed by atoms with Crippen molar-refractivity contribution in [2.75, 3.05) is 13.7 Å². The summed E-state index contributed by atoms with van der Waals surface area (Å²) in [6, 6.07) is 0.104. The van der Waals surface area contributed by atoms with Crippen molar-refractivity contribution in [1.29, 1.82) is 0 Å². The minimum atomic E-state index is -1.10. The van der Waals surface area contributed by atoms with E-state index in [4.69, 9.17) is 9.84 Å². The first kappa shape index (κ1) is 14.8. The molecule has 1 unspecified atom stereocenters. The lowest BCUT2D eigenvalue weighted by molar-refractivity contribution is -0.139. The first-order valence-electron chi connectivity index (χ1n) is 5.64. The topological polar surface area (TPSA) is 113 Å². The SMILES string of the molecule is COCCC(NC(=O)NCc1ccncn1)C(=O)O. The molecule has 0 aliphatic rings. The zero-order valence-corrected chi connectivity index (χ0v) is 10.5. The summed E-state index contributed by atoms with van der Waals surface area (Å²) in [6.45, 7) is 0.453. The average molecular weight is 268 g/mol. The van der Waals surface area contributed by atoms with E-state index in [1.54, 1.807) is 12.3 Å². The number of carboxylic acids is 1. The molecule has 0 saturated carbocycles. The van der Waals surface area contributed by atoms with Gasteiger partial charge in [0.2, 0.25) is 0 Å². The van der Waals surface area contributed by atoms with Crippen molar-refractivity contribution in [3.05, 3.63) is 24.3 Å². The van der Waals surface area contributed by atoms with Crippen molar-refractivity contribution < 1.29 is 19.4 Å². The minimum Gasteiger partial charge on any atom is -0.480 e. The number of urea groups is 1. The number of rotatable bonds is 7. The summed E-state index contributed by atoms with van der Waals surface area (Å²) in [4.78, 5) is 30.1. The van der Waals surface area contributed by atoms with Gasteiger partial charge >= 0.3 is 12.0 Å². The third kappa shape index (κ3) is 5.77. The van der Waals surface area contributed by atoms with Crippen LogP contribution in [-0.4, -0.2) is 46.8 Å².